The molecule has 0 aliphatic heterocycles. The van der Waals surface area contributed by atoms with E-state index in [1.54, 1.807) is 0 Å². The van der Waals surface area contributed by atoms with Crippen LogP contribution in [0.1, 0.15) is 10.4 Å². The van der Waals surface area contributed by atoms with Gasteiger partial charge < -0.3 is 0 Å². The SMILES string of the molecule is CSc1ncc(C(=O)NNc2ccccc2)c(Cl)n1. The molecule has 2 N–H and O–H groups in total. The smallest absolute Gasteiger partial charge is 0.274 e. The Kier molecular flexibility index (Phi) is 4.59. The number of nitrogens with one attached hydrogen (secondary N) is 2. The Morgan fingerprint density at radius 1 is 1.32 bits per heavy atom. The molecule has 0 saturated heterocycles. The highest BCUT2D eigenvalue weighted by Crippen LogP contribution is 2.16. The van der Waals surface area contributed by atoms with Crippen LogP contribution in [0.25, 0.3) is 0 Å². The van der Waals surface area contributed by atoms with Crippen molar-refractivity contribution in [2.75, 3.05) is 11.7 Å². The van der Waals surface area contributed by atoms with Gasteiger partial charge in [-0.3, -0.25) is 15.6 Å². The number of anilines is 1. The molecule has 2 rings (SSSR count). The van der Waals surface area contributed by atoms with Gasteiger partial charge in [-0.25, -0.2) is 9.97 Å². The molecular weight excluding hydrogens is 284 g/mol. The Hall–Kier alpha value is -1.79. The van der Waals surface area contributed by atoms with Crippen molar-refractivity contribution in [3.05, 3.63) is 47.2 Å². The van der Waals surface area contributed by atoms with Gasteiger partial charge in [0, 0.05) is 6.20 Å². The van der Waals surface area contributed by atoms with Crippen molar-refractivity contribution in [2.45, 2.75) is 5.16 Å². The van der Waals surface area contributed by atoms with Gasteiger partial charge in [0.1, 0.15) is 5.15 Å². The zero-order chi connectivity index (χ0) is 13.7. The van der Waals surface area contributed by atoms with E-state index < -0.39 is 0 Å². The van der Waals surface area contributed by atoms with E-state index in [9.17, 15) is 4.79 Å². The first-order chi connectivity index (χ1) is 9.20. The number of aromatic nitrogens is 2. The van der Waals surface area contributed by atoms with Gasteiger partial charge in [0.25, 0.3) is 5.91 Å². The molecule has 1 aromatic carbocycles. The minimum absolute atomic E-state index is 0.131. The van der Waals surface area contributed by atoms with E-state index in [0.717, 1.165) is 5.69 Å². The standard InChI is InChI=1S/C12H11ClN4OS/c1-19-12-14-7-9(10(13)15-12)11(18)17-16-8-5-3-2-4-6-8/h2-7,16H,1H3,(H,17,18). The lowest BCUT2D eigenvalue weighted by Gasteiger charge is -2.09. The Labute approximate surface area is 119 Å². The Morgan fingerprint density at radius 2 is 2.05 bits per heavy atom. The van der Waals surface area contributed by atoms with Crippen molar-refractivity contribution in [3.63, 3.8) is 0 Å². The molecule has 5 nitrogen and oxygen atoms in total. The van der Waals surface area contributed by atoms with Crippen molar-refractivity contribution >= 4 is 35.0 Å². The van der Waals surface area contributed by atoms with Gasteiger partial charge >= 0.3 is 0 Å². The molecule has 0 saturated carbocycles. The van der Waals surface area contributed by atoms with Gasteiger partial charge in [-0.05, 0) is 18.4 Å². The molecule has 0 aliphatic carbocycles. The molecule has 0 fully saturated rings. The number of hydrogen-bond donors (Lipinski definition) is 2. The number of carbonyl (C=O) groups excluding carboxylic acids is 1. The second-order valence-corrected chi connectivity index (χ2v) is 4.64. The molecule has 0 aliphatic rings. The third-order valence-corrected chi connectivity index (χ3v) is 3.09. The zero-order valence-corrected chi connectivity index (χ0v) is 11.6. The average molecular weight is 295 g/mol. The summed E-state index contributed by atoms with van der Waals surface area (Å²) in [6.45, 7) is 0. The fraction of sp³-hybridized carbons (Fsp3) is 0.0833. The van der Waals surface area contributed by atoms with Gasteiger partial charge in [0.2, 0.25) is 0 Å². The van der Waals surface area contributed by atoms with Gasteiger partial charge in [-0.2, -0.15) is 0 Å². The molecule has 0 bridgehead atoms. The molecule has 0 atom stereocenters. The fourth-order valence-electron chi connectivity index (χ4n) is 1.31. The van der Waals surface area contributed by atoms with E-state index in [1.165, 1.54) is 18.0 Å². The molecule has 19 heavy (non-hydrogen) atoms. The van der Waals surface area contributed by atoms with Gasteiger partial charge in [0.05, 0.1) is 11.3 Å². The molecule has 2 aromatic rings. The van der Waals surface area contributed by atoms with Gasteiger partial charge in [0.15, 0.2) is 5.16 Å². The van der Waals surface area contributed by atoms with Crippen LogP contribution in [-0.2, 0) is 0 Å². The normalized spacial score (nSPS) is 10.0. The monoisotopic (exact) mass is 294 g/mol. The molecule has 0 spiro atoms. The summed E-state index contributed by atoms with van der Waals surface area (Å²) in [5.41, 5.74) is 6.31. The lowest BCUT2D eigenvalue weighted by molar-refractivity contribution is 0.0962. The lowest BCUT2D eigenvalue weighted by Crippen LogP contribution is -2.29. The second kappa shape index (κ2) is 6.40. The van der Waals surface area contributed by atoms with Crippen LogP contribution in [0.15, 0.2) is 41.7 Å². The molecule has 7 heteroatoms. The summed E-state index contributed by atoms with van der Waals surface area (Å²) >= 11 is 7.29. The number of benzene rings is 1. The first-order valence-electron chi connectivity index (χ1n) is 5.38. The fourth-order valence-corrected chi connectivity index (χ4v) is 1.92. The quantitative estimate of drug-likeness (QED) is 0.393. The summed E-state index contributed by atoms with van der Waals surface area (Å²) in [6.07, 6.45) is 3.24. The Morgan fingerprint density at radius 3 is 2.68 bits per heavy atom. The predicted octanol–water partition coefficient (Wildman–Crippen LogP) is 2.61. The van der Waals surface area contributed by atoms with Crippen LogP contribution in [0.4, 0.5) is 5.69 Å². The summed E-state index contributed by atoms with van der Waals surface area (Å²) in [5, 5.41) is 0.657. The number of thioether (sulfide) groups is 1. The van der Waals surface area contributed by atoms with E-state index in [0.29, 0.717) is 5.16 Å². The molecule has 1 heterocycles. The first-order valence-corrected chi connectivity index (χ1v) is 6.99. The van der Waals surface area contributed by atoms with Gasteiger partial charge in [-0.15, -0.1) is 0 Å². The molecule has 1 amide bonds. The third kappa shape index (κ3) is 3.59. The van der Waals surface area contributed by atoms with Crippen molar-refractivity contribution in [1.29, 1.82) is 0 Å². The van der Waals surface area contributed by atoms with Crippen molar-refractivity contribution in [2.24, 2.45) is 0 Å². The van der Waals surface area contributed by atoms with Gasteiger partial charge in [-0.1, -0.05) is 41.6 Å². The number of hydrazine groups is 1. The highest BCUT2D eigenvalue weighted by Gasteiger charge is 2.12. The Balaban J connectivity index is 2.04. The summed E-state index contributed by atoms with van der Waals surface area (Å²) < 4.78 is 0. The van der Waals surface area contributed by atoms with E-state index in [-0.39, 0.29) is 16.6 Å². The van der Waals surface area contributed by atoms with E-state index in [1.807, 2.05) is 36.6 Å². The van der Waals surface area contributed by atoms with Crippen LogP contribution < -0.4 is 10.9 Å². The van der Waals surface area contributed by atoms with Crippen LogP contribution in [0.5, 0.6) is 0 Å². The minimum atomic E-state index is -0.387. The highest BCUT2D eigenvalue weighted by atomic mass is 35.5. The second-order valence-electron chi connectivity index (χ2n) is 3.51. The van der Waals surface area contributed by atoms with E-state index >= 15 is 0 Å². The van der Waals surface area contributed by atoms with Crippen LogP contribution in [-0.4, -0.2) is 22.1 Å². The first kappa shape index (κ1) is 13.6. The number of rotatable bonds is 4. The number of hydrogen-bond acceptors (Lipinski definition) is 5. The summed E-state index contributed by atoms with van der Waals surface area (Å²) in [4.78, 5) is 19.9. The van der Waals surface area contributed by atoms with E-state index in [2.05, 4.69) is 20.8 Å². The lowest BCUT2D eigenvalue weighted by atomic mass is 10.3. The van der Waals surface area contributed by atoms with Crippen molar-refractivity contribution in [1.82, 2.24) is 15.4 Å². The third-order valence-electron chi connectivity index (χ3n) is 2.24. The molecule has 1 aromatic heterocycles. The maximum atomic E-state index is 11.9. The topological polar surface area (TPSA) is 66.9 Å². The molecule has 0 unspecified atom stereocenters. The summed E-state index contributed by atoms with van der Waals surface area (Å²) in [5.74, 6) is -0.387. The summed E-state index contributed by atoms with van der Waals surface area (Å²) in [6, 6.07) is 9.26. The zero-order valence-electron chi connectivity index (χ0n) is 10.1. The number of carbonyl (C=O) groups is 1. The molecule has 0 radical (unpaired) electrons. The number of para-hydroxylation sites is 1. The number of halogens is 1. The maximum Gasteiger partial charge on any atom is 0.274 e. The number of amides is 1. The number of nitrogens with zero attached hydrogens (tertiary/aromatic N) is 2. The van der Waals surface area contributed by atoms with E-state index in [4.69, 9.17) is 11.6 Å². The average Bonchev–Trinajstić information content (AvgIpc) is 2.45. The predicted molar refractivity (Wildman–Crippen MR) is 76.4 cm³/mol. The highest BCUT2D eigenvalue weighted by molar-refractivity contribution is 7.98. The van der Waals surface area contributed by atoms with Crippen LogP contribution >= 0.6 is 23.4 Å². The van der Waals surface area contributed by atoms with Crippen molar-refractivity contribution in [3.8, 4) is 0 Å². The van der Waals surface area contributed by atoms with Crippen molar-refractivity contribution < 1.29 is 4.79 Å². The minimum Gasteiger partial charge on any atom is -0.298 e. The molecule has 98 valence electrons. The van der Waals surface area contributed by atoms with Crippen LogP contribution in [0.3, 0.4) is 0 Å². The Bertz CT molecular complexity index is 579. The largest absolute Gasteiger partial charge is 0.298 e. The van der Waals surface area contributed by atoms with Crippen LogP contribution in [0.2, 0.25) is 5.15 Å². The summed E-state index contributed by atoms with van der Waals surface area (Å²) in [7, 11) is 0. The van der Waals surface area contributed by atoms with Crippen LogP contribution in [0, 0.1) is 0 Å². The molecular formula is C12H11ClN4OS. The maximum absolute atomic E-state index is 11.9.